The van der Waals surface area contributed by atoms with Crippen molar-refractivity contribution in [3.05, 3.63) is 0 Å². The molecule has 0 bridgehead atoms. The fourth-order valence-corrected chi connectivity index (χ4v) is 3.07. The first kappa shape index (κ1) is 18.4. The van der Waals surface area contributed by atoms with E-state index in [1.165, 1.54) is 0 Å². The van der Waals surface area contributed by atoms with Crippen molar-refractivity contribution in [3.8, 4) is 0 Å². The summed E-state index contributed by atoms with van der Waals surface area (Å²) in [7, 11) is 0. The van der Waals surface area contributed by atoms with E-state index >= 15 is 0 Å². The highest BCUT2D eigenvalue weighted by molar-refractivity contribution is 5.81. The minimum atomic E-state index is -0.367. The van der Waals surface area contributed by atoms with E-state index in [-0.39, 0.29) is 35.0 Å². The zero-order valence-electron chi connectivity index (χ0n) is 15.1. The number of rotatable bonds is 3. The molecule has 0 aromatic carbocycles. The summed E-state index contributed by atoms with van der Waals surface area (Å²) >= 11 is 0. The quantitative estimate of drug-likeness (QED) is 0.870. The molecule has 1 amide bonds. The first-order valence-corrected chi connectivity index (χ1v) is 8.10. The Labute approximate surface area is 130 Å². The van der Waals surface area contributed by atoms with Crippen LogP contribution >= 0.6 is 0 Å². The number of carbonyl (C=O) groups is 1. The summed E-state index contributed by atoms with van der Waals surface area (Å²) in [5.74, 6) is 0.188. The van der Waals surface area contributed by atoms with Crippen molar-refractivity contribution in [1.29, 1.82) is 0 Å². The van der Waals surface area contributed by atoms with Crippen LogP contribution in [-0.2, 0) is 4.79 Å². The third-order valence-electron chi connectivity index (χ3n) is 4.19. The summed E-state index contributed by atoms with van der Waals surface area (Å²) in [5.41, 5.74) is -0.358. The zero-order chi connectivity index (χ0) is 16.6. The molecule has 1 saturated heterocycles. The summed E-state index contributed by atoms with van der Waals surface area (Å²) in [6.07, 6.45) is 0.464. The van der Waals surface area contributed by atoms with Crippen LogP contribution in [0.25, 0.3) is 0 Å². The average molecular weight is 298 g/mol. The maximum Gasteiger partial charge on any atom is 0.228 e. The highest BCUT2D eigenvalue weighted by Crippen LogP contribution is 2.29. The van der Waals surface area contributed by atoms with Crippen molar-refractivity contribution in [1.82, 2.24) is 9.80 Å². The Balaban J connectivity index is 2.91. The van der Waals surface area contributed by atoms with E-state index in [4.69, 9.17) is 0 Å². The van der Waals surface area contributed by atoms with Gasteiger partial charge in [0.25, 0.3) is 0 Å². The lowest BCUT2D eigenvalue weighted by Crippen LogP contribution is -2.53. The smallest absolute Gasteiger partial charge is 0.228 e. The summed E-state index contributed by atoms with van der Waals surface area (Å²) in [6, 6.07) is 0.407. The molecule has 1 aliphatic rings. The first-order chi connectivity index (χ1) is 9.34. The van der Waals surface area contributed by atoms with Crippen molar-refractivity contribution in [2.24, 2.45) is 5.41 Å². The van der Waals surface area contributed by atoms with Gasteiger partial charge in [-0.3, -0.25) is 9.69 Å². The summed E-state index contributed by atoms with van der Waals surface area (Å²) in [5, 5.41) is 10.0. The second-order valence-electron chi connectivity index (χ2n) is 8.67. The van der Waals surface area contributed by atoms with Crippen LogP contribution in [0.15, 0.2) is 0 Å². The number of nitrogens with zero attached hydrogens (tertiary/aromatic N) is 2. The molecular weight excluding hydrogens is 264 g/mol. The van der Waals surface area contributed by atoms with Gasteiger partial charge >= 0.3 is 0 Å². The standard InChI is InChI=1S/C17H34N2O2/c1-12(2)18(15(21)16(3,4)5)10-13-9-14(20)11-19(13)17(6,7)8/h12-14,20H,9-11H2,1-8H3. The molecule has 2 unspecified atom stereocenters. The third kappa shape index (κ3) is 4.68. The van der Waals surface area contributed by atoms with Crippen LogP contribution in [0.1, 0.15) is 61.8 Å². The number of aliphatic hydroxyl groups is 1. The molecule has 1 heterocycles. The van der Waals surface area contributed by atoms with E-state index in [0.29, 0.717) is 13.1 Å². The van der Waals surface area contributed by atoms with Crippen molar-refractivity contribution in [2.75, 3.05) is 13.1 Å². The Morgan fingerprint density at radius 2 is 1.76 bits per heavy atom. The van der Waals surface area contributed by atoms with Crippen LogP contribution in [0, 0.1) is 5.41 Å². The van der Waals surface area contributed by atoms with Crippen LogP contribution in [0.2, 0.25) is 0 Å². The number of likely N-dealkylation sites (tertiary alicyclic amines) is 1. The van der Waals surface area contributed by atoms with Gasteiger partial charge in [0, 0.05) is 36.1 Å². The van der Waals surface area contributed by atoms with Gasteiger partial charge in [-0.15, -0.1) is 0 Å². The van der Waals surface area contributed by atoms with Crippen molar-refractivity contribution < 1.29 is 9.90 Å². The van der Waals surface area contributed by atoms with Gasteiger partial charge in [-0.1, -0.05) is 20.8 Å². The second kappa shape index (κ2) is 6.25. The summed E-state index contributed by atoms with van der Waals surface area (Å²) < 4.78 is 0. The molecular formula is C17H34N2O2. The number of β-amino-alcohol motifs (C(OH)–C–C–N with tert-alkyl or cyclic N) is 1. The largest absolute Gasteiger partial charge is 0.392 e. The monoisotopic (exact) mass is 298 g/mol. The number of aliphatic hydroxyl groups excluding tert-OH is 1. The third-order valence-corrected chi connectivity index (χ3v) is 4.19. The molecule has 0 aliphatic carbocycles. The first-order valence-electron chi connectivity index (χ1n) is 8.10. The molecule has 1 N–H and O–H groups in total. The molecule has 0 aromatic heterocycles. The van der Waals surface area contributed by atoms with Gasteiger partial charge in [-0.05, 0) is 41.0 Å². The van der Waals surface area contributed by atoms with Crippen molar-refractivity contribution >= 4 is 5.91 Å². The maximum atomic E-state index is 12.7. The average Bonchev–Trinajstić information content (AvgIpc) is 2.64. The molecule has 1 fully saturated rings. The number of amides is 1. The van der Waals surface area contributed by atoms with E-state index in [1.807, 2.05) is 25.7 Å². The van der Waals surface area contributed by atoms with Gasteiger partial charge in [0.05, 0.1) is 6.10 Å². The predicted octanol–water partition coefficient (Wildman–Crippen LogP) is 2.50. The zero-order valence-corrected chi connectivity index (χ0v) is 15.1. The number of carbonyl (C=O) groups excluding carboxylic acids is 1. The molecule has 1 aliphatic heterocycles. The molecule has 0 radical (unpaired) electrons. The Morgan fingerprint density at radius 3 is 2.14 bits per heavy atom. The molecule has 4 heteroatoms. The molecule has 2 atom stereocenters. The van der Waals surface area contributed by atoms with Gasteiger partial charge in [0.1, 0.15) is 0 Å². The lowest BCUT2D eigenvalue weighted by molar-refractivity contribution is -0.142. The fourth-order valence-electron chi connectivity index (χ4n) is 3.07. The molecule has 1 rings (SSSR count). The predicted molar refractivity (Wildman–Crippen MR) is 87.2 cm³/mol. The van der Waals surface area contributed by atoms with E-state index in [9.17, 15) is 9.90 Å². The Morgan fingerprint density at radius 1 is 1.24 bits per heavy atom. The highest BCUT2D eigenvalue weighted by atomic mass is 16.3. The molecule has 0 aromatic rings. The van der Waals surface area contributed by atoms with Crippen molar-refractivity contribution in [3.63, 3.8) is 0 Å². The molecule has 4 nitrogen and oxygen atoms in total. The Bertz CT molecular complexity index is 366. The molecule has 124 valence electrons. The van der Waals surface area contributed by atoms with Crippen LogP contribution in [0.3, 0.4) is 0 Å². The normalized spacial score (nSPS) is 24.7. The highest BCUT2D eigenvalue weighted by Gasteiger charge is 2.40. The van der Waals surface area contributed by atoms with Crippen molar-refractivity contribution in [2.45, 2.75) is 85.5 Å². The molecule has 0 saturated carbocycles. The van der Waals surface area contributed by atoms with E-state index < -0.39 is 0 Å². The number of hydrogen-bond acceptors (Lipinski definition) is 3. The fraction of sp³-hybridized carbons (Fsp3) is 0.941. The van der Waals surface area contributed by atoms with E-state index in [0.717, 1.165) is 6.42 Å². The lowest BCUT2D eigenvalue weighted by Gasteiger charge is -2.41. The van der Waals surface area contributed by atoms with Gasteiger partial charge < -0.3 is 10.0 Å². The lowest BCUT2D eigenvalue weighted by atomic mass is 9.93. The Hall–Kier alpha value is -0.610. The van der Waals surface area contributed by atoms with Crippen LogP contribution < -0.4 is 0 Å². The maximum absolute atomic E-state index is 12.7. The Kier molecular flexibility index (Phi) is 5.49. The van der Waals surface area contributed by atoms with E-state index in [1.54, 1.807) is 0 Å². The molecule has 0 spiro atoms. The van der Waals surface area contributed by atoms with Crippen LogP contribution in [-0.4, -0.2) is 57.6 Å². The van der Waals surface area contributed by atoms with Gasteiger partial charge in [0.15, 0.2) is 0 Å². The number of hydrogen-bond donors (Lipinski definition) is 1. The van der Waals surface area contributed by atoms with Gasteiger partial charge in [-0.2, -0.15) is 0 Å². The second-order valence-corrected chi connectivity index (χ2v) is 8.67. The minimum Gasteiger partial charge on any atom is -0.392 e. The summed E-state index contributed by atoms with van der Waals surface area (Å²) in [4.78, 5) is 17.0. The topological polar surface area (TPSA) is 43.8 Å². The molecule has 21 heavy (non-hydrogen) atoms. The summed E-state index contributed by atoms with van der Waals surface area (Å²) in [6.45, 7) is 17.9. The van der Waals surface area contributed by atoms with Gasteiger partial charge in [0.2, 0.25) is 5.91 Å². The van der Waals surface area contributed by atoms with Crippen LogP contribution in [0.5, 0.6) is 0 Å². The SMILES string of the molecule is CC(C)N(CC1CC(O)CN1C(C)(C)C)C(=O)C(C)(C)C. The van der Waals surface area contributed by atoms with E-state index in [2.05, 4.69) is 39.5 Å². The van der Waals surface area contributed by atoms with Crippen LogP contribution in [0.4, 0.5) is 0 Å². The van der Waals surface area contributed by atoms with Gasteiger partial charge in [-0.25, -0.2) is 0 Å². The minimum absolute atomic E-state index is 0.00950.